The van der Waals surface area contributed by atoms with Crippen LogP contribution in [-0.4, -0.2) is 8.42 Å². The number of sulfonamides is 1. The van der Waals surface area contributed by atoms with Crippen molar-refractivity contribution >= 4 is 69.2 Å². The van der Waals surface area contributed by atoms with Crippen LogP contribution in [0.15, 0.2) is 48.6 Å². The fourth-order valence-corrected chi connectivity index (χ4v) is 4.87. The van der Waals surface area contributed by atoms with Crippen LogP contribution in [0.3, 0.4) is 0 Å². The van der Waals surface area contributed by atoms with Gasteiger partial charge in [0.05, 0.1) is 10.2 Å². The molecule has 0 aromatic heterocycles. The number of nitrogens with one attached hydrogen (secondary N) is 1. The first kappa shape index (κ1) is 16.7. The molecular weight excluding hydrogens is 495 g/mol. The van der Waals surface area contributed by atoms with Crippen molar-refractivity contribution in [3.8, 4) is 0 Å². The molecule has 0 saturated heterocycles. The second-order valence-corrected chi connectivity index (χ2v) is 8.23. The van der Waals surface area contributed by atoms with Gasteiger partial charge in [-0.05, 0) is 72.1 Å². The van der Waals surface area contributed by atoms with Crippen molar-refractivity contribution in [2.45, 2.75) is 4.90 Å². The molecule has 2 aromatic rings. The highest BCUT2D eigenvalue weighted by Gasteiger charge is 2.23. The number of benzene rings is 2. The Morgan fingerprint density at radius 2 is 1.62 bits per heavy atom. The van der Waals surface area contributed by atoms with Gasteiger partial charge < -0.3 is 5.73 Å². The Morgan fingerprint density at radius 3 is 2.19 bits per heavy atom. The number of hydrogen-bond donors (Lipinski definition) is 2. The van der Waals surface area contributed by atoms with E-state index in [-0.39, 0.29) is 15.8 Å². The topological polar surface area (TPSA) is 72.2 Å². The molecule has 4 nitrogen and oxygen atoms in total. The number of halogens is 4. The van der Waals surface area contributed by atoms with Gasteiger partial charge in [-0.1, -0.05) is 6.07 Å². The first-order valence-corrected chi connectivity index (χ1v) is 9.30. The van der Waals surface area contributed by atoms with E-state index in [2.05, 4.69) is 52.5 Å². The molecule has 21 heavy (non-hydrogen) atoms. The lowest BCUT2D eigenvalue weighted by molar-refractivity contribution is 0.567. The maximum atomic E-state index is 14.0. The van der Waals surface area contributed by atoms with Crippen molar-refractivity contribution in [1.29, 1.82) is 0 Å². The lowest BCUT2D eigenvalue weighted by Gasteiger charge is -2.13. The van der Waals surface area contributed by atoms with Gasteiger partial charge >= 0.3 is 0 Å². The summed E-state index contributed by atoms with van der Waals surface area (Å²) in [5.74, 6) is -0.903. The van der Waals surface area contributed by atoms with Gasteiger partial charge in [0.25, 0.3) is 10.0 Å². The number of anilines is 2. The third-order valence-electron chi connectivity index (χ3n) is 2.51. The van der Waals surface area contributed by atoms with E-state index in [4.69, 9.17) is 5.73 Å². The van der Waals surface area contributed by atoms with Crippen molar-refractivity contribution in [1.82, 2.24) is 0 Å². The highest BCUT2D eigenvalue weighted by molar-refractivity contribution is 9.11. The van der Waals surface area contributed by atoms with E-state index < -0.39 is 20.7 Å². The molecular formula is C12H8Br3FN2O2S. The third kappa shape index (κ3) is 3.58. The van der Waals surface area contributed by atoms with Crippen LogP contribution in [-0.2, 0) is 10.0 Å². The van der Waals surface area contributed by atoms with Crippen molar-refractivity contribution in [3.63, 3.8) is 0 Å². The Bertz CT molecular complexity index is 792. The highest BCUT2D eigenvalue weighted by Crippen LogP contribution is 2.34. The molecule has 3 N–H and O–H groups in total. The number of para-hydroxylation sites is 1. The molecule has 0 atom stereocenters. The third-order valence-corrected chi connectivity index (χ3v) is 5.75. The summed E-state index contributed by atoms with van der Waals surface area (Å²) < 4.78 is 42.1. The van der Waals surface area contributed by atoms with Gasteiger partial charge in [0.1, 0.15) is 4.90 Å². The fourth-order valence-electron chi connectivity index (χ4n) is 1.56. The van der Waals surface area contributed by atoms with E-state index in [0.29, 0.717) is 8.95 Å². The molecule has 0 heterocycles. The summed E-state index contributed by atoms with van der Waals surface area (Å²) >= 11 is 9.41. The molecule has 0 amide bonds. The Morgan fingerprint density at radius 1 is 1.05 bits per heavy atom. The summed E-state index contributed by atoms with van der Waals surface area (Å²) in [5.41, 5.74) is 5.98. The van der Waals surface area contributed by atoms with Gasteiger partial charge in [-0.25, -0.2) is 12.8 Å². The minimum Gasteiger partial charge on any atom is -0.399 e. The molecule has 2 rings (SSSR count). The molecule has 0 fully saturated rings. The summed E-state index contributed by atoms with van der Waals surface area (Å²) in [6.45, 7) is 0. The predicted octanol–water partition coefficient (Wildman–Crippen LogP) is 4.50. The molecule has 112 valence electrons. The van der Waals surface area contributed by atoms with Crippen LogP contribution in [0, 0.1) is 5.82 Å². The van der Waals surface area contributed by atoms with E-state index in [0.717, 1.165) is 6.07 Å². The first-order chi connectivity index (χ1) is 9.72. The minimum absolute atomic E-state index is 0.0194. The van der Waals surface area contributed by atoms with Gasteiger partial charge in [0.15, 0.2) is 5.82 Å². The largest absolute Gasteiger partial charge is 0.399 e. The van der Waals surface area contributed by atoms with Crippen LogP contribution in [0.1, 0.15) is 0 Å². The Hall–Kier alpha value is -0.640. The summed E-state index contributed by atoms with van der Waals surface area (Å²) in [6, 6.07) is 7.40. The molecule has 0 bridgehead atoms. The smallest absolute Gasteiger partial charge is 0.265 e. The summed E-state index contributed by atoms with van der Waals surface area (Å²) in [6.07, 6.45) is 0. The molecule has 0 aliphatic carbocycles. The summed E-state index contributed by atoms with van der Waals surface area (Å²) in [4.78, 5) is -0.531. The predicted molar refractivity (Wildman–Crippen MR) is 91.2 cm³/mol. The maximum absolute atomic E-state index is 14.0. The average Bonchev–Trinajstić information content (AvgIpc) is 2.38. The lowest BCUT2D eigenvalue weighted by Crippen LogP contribution is -2.16. The van der Waals surface area contributed by atoms with E-state index in [9.17, 15) is 12.8 Å². The monoisotopic (exact) mass is 500 g/mol. The zero-order chi connectivity index (χ0) is 15.8. The first-order valence-electron chi connectivity index (χ1n) is 5.43. The number of nitrogens with two attached hydrogens (primary N) is 1. The molecule has 0 aliphatic rings. The van der Waals surface area contributed by atoms with Crippen LogP contribution in [0.5, 0.6) is 0 Å². The van der Waals surface area contributed by atoms with E-state index in [1.54, 1.807) is 18.2 Å². The van der Waals surface area contributed by atoms with Gasteiger partial charge in [-0.15, -0.1) is 0 Å². The second kappa shape index (κ2) is 6.23. The second-order valence-electron chi connectivity index (χ2n) is 4.02. The van der Waals surface area contributed by atoms with Gasteiger partial charge in [-0.3, -0.25) is 4.72 Å². The zero-order valence-corrected chi connectivity index (χ0v) is 15.8. The quantitative estimate of drug-likeness (QED) is 0.607. The molecule has 9 heteroatoms. The van der Waals surface area contributed by atoms with E-state index >= 15 is 0 Å². The van der Waals surface area contributed by atoms with Crippen molar-refractivity contribution in [2.24, 2.45) is 0 Å². The van der Waals surface area contributed by atoms with Crippen LogP contribution in [0.25, 0.3) is 0 Å². The maximum Gasteiger partial charge on any atom is 0.265 e. The van der Waals surface area contributed by atoms with E-state index in [1.807, 2.05) is 0 Å². The number of rotatable bonds is 3. The number of nitrogen functional groups attached to an aromatic ring is 1. The summed E-state index contributed by atoms with van der Waals surface area (Å²) in [5, 5.41) is 0. The fraction of sp³-hybridized carbons (Fsp3) is 0. The molecule has 0 unspecified atom stereocenters. The van der Waals surface area contributed by atoms with Gasteiger partial charge in [-0.2, -0.15) is 0 Å². The Balaban J connectivity index is 2.54. The van der Waals surface area contributed by atoms with Crippen LogP contribution in [0.4, 0.5) is 15.8 Å². The van der Waals surface area contributed by atoms with Gasteiger partial charge in [0, 0.05) is 14.6 Å². The standard InChI is InChI=1S/C12H8Br3FN2O2S/c13-7-2-1-3-8(14)12(7)18-21(19,20)10-5-6(17)4-9(15)11(10)16/h1-5,18H,17H2. The molecule has 0 aliphatic heterocycles. The van der Waals surface area contributed by atoms with Crippen LogP contribution < -0.4 is 10.5 Å². The van der Waals surface area contributed by atoms with Crippen LogP contribution in [0.2, 0.25) is 0 Å². The normalized spacial score (nSPS) is 11.4. The minimum atomic E-state index is -4.13. The SMILES string of the molecule is Nc1cc(Br)c(F)c(S(=O)(=O)Nc2c(Br)cccc2Br)c1. The zero-order valence-electron chi connectivity index (χ0n) is 10.2. The van der Waals surface area contributed by atoms with E-state index in [1.165, 1.54) is 6.07 Å². The lowest BCUT2D eigenvalue weighted by atomic mass is 10.3. The molecule has 0 saturated carbocycles. The van der Waals surface area contributed by atoms with Crippen LogP contribution >= 0.6 is 47.8 Å². The van der Waals surface area contributed by atoms with Gasteiger partial charge in [0.2, 0.25) is 0 Å². The highest BCUT2D eigenvalue weighted by atomic mass is 79.9. The van der Waals surface area contributed by atoms with Crippen molar-refractivity contribution in [3.05, 3.63) is 49.6 Å². The molecule has 2 aromatic carbocycles. The van der Waals surface area contributed by atoms with Crippen molar-refractivity contribution < 1.29 is 12.8 Å². The van der Waals surface area contributed by atoms with Crippen molar-refractivity contribution in [2.75, 3.05) is 10.5 Å². The average molecular weight is 503 g/mol. The Labute approximate surface area is 146 Å². The Kier molecular flexibility index (Phi) is 4.96. The molecule has 0 spiro atoms. The summed E-state index contributed by atoms with van der Waals surface area (Å²) in [7, 11) is -4.13. The molecule has 0 radical (unpaired) electrons. The number of hydrogen-bond acceptors (Lipinski definition) is 3.